The summed E-state index contributed by atoms with van der Waals surface area (Å²) in [4.78, 5) is 41.4. The van der Waals surface area contributed by atoms with E-state index in [1.165, 1.54) is 0 Å². The van der Waals surface area contributed by atoms with Crippen LogP contribution in [0.15, 0.2) is 29.1 Å². The summed E-state index contributed by atoms with van der Waals surface area (Å²) < 4.78 is 3.51. The van der Waals surface area contributed by atoms with E-state index >= 15 is 0 Å². The second kappa shape index (κ2) is 7.81. The van der Waals surface area contributed by atoms with Gasteiger partial charge in [0, 0.05) is 51.6 Å². The number of amides is 2. The summed E-state index contributed by atoms with van der Waals surface area (Å²) >= 11 is 0. The molecule has 150 valence electrons. The molecular weight excluding hydrogens is 356 g/mol. The van der Waals surface area contributed by atoms with Crippen LogP contribution < -0.4 is 5.69 Å². The van der Waals surface area contributed by atoms with Crippen LogP contribution in [0.3, 0.4) is 0 Å². The Morgan fingerprint density at radius 1 is 0.929 bits per heavy atom. The van der Waals surface area contributed by atoms with Crippen LogP contribution in [-0.4, -0.2) is 56.9 Å². The fourth-order valence-electron chi connectivity index (χ4n) is 4.06. The number of aryl methyl sites for hydroxylation is 2. The summed E-state index contributed by atoms with van der Waals surface area (Å²) in [6.45, 7) is 5.53. The summed E-state index contributed by atoms with van der Waals surface area (Å²) in [5.41, 5.74) is 1.76. The third-order valence-electron chi connectivity index (χ3n) is 5.79. The first-order chi connectivity index (χ1) is 13.6. The number of imidazole rings is 1. The first kappa shape index (κ1) is 18.8. The van der Waals surface area contributed by atoms with E-state index in [1.807, 2.05) is 34.1 Å². The molecule has 1 aromatic carbocycles. The predicted octanol–water partition coefficient (Wildman–Crippen LogP) is 1.68. The fraction of sp³-hybridized carbons (Fsp3) is 0.571. The van der Waals surface area contributed by atoms with Gasteiger partial charge in [-0.1, -0.05) is 19.1 Å². The highest BCUT2D eigenvalue weighted by Gasteiger charge is 2.35. The van der Waals surface area contributed by atoms with Crippen LogP contribution in [-0.2, 0) is 22.7 Å². The average molecular weight is 384 g/mol. The quantitative estimate of drug-likeness (QED) is 0.761. The molecule has 2 aromatic rings. The maximum absolute atomic E-state index is 12.8. The Kier molecular flexibility index (Phi) is 5.24. The van der Waals surface area contributed by atoms with Gasteiger partial charge in [0.25, 0.3) is 0 Å². The largest absolute Gasteiger partial charge is 0.339 e. The summed E-state index contributed by atoms with van der Waals surface area (Å²) in [5, 5.41) is 0. The Balaban J connectivity index is 1.39. The minimum absolute atomic E-state index is 0.0456. The molecule has 1 saturated carbocycles. The molecule has 2 heterocycles. The number of hydrogen-bond acceptors (Lipinski definition) is 3. The molecule has 1 aliphatic heterocycles. The molecule has 7 nitrogen and oxygen atoms in total. The van der Waals surface area contributed by atoms with Crippen LogP contribution in [0, 0.1) is 5.92 Å². The molecule has 0 N–H and O–H groups in total. The lowest BCUT2D eigenvalue weighted by Gasteiger charge is -2.35. The zero-order chi connectivity index (χ0) is 19.7. The highest BCUT2D eigenvalue weighted by molar-refractivity contribution is 5.82. The second-order valence-electron chi connectivity index (χ2n) is 7.80. The lowest BCUT2D eigenvalue weighted by molar-refractivity contribution is -0.140. The molecule has 0 radical (unpaired) electrons. The van der Waals surface area contributed by atoms with Crippen molar-refractivity contribution in [3.63, 3.8) is 0 Å². The van der Waals surface area contributed by atoms with Gasteiger partial charge in [0.1, 0.15) is 0 Å². The Morgan fingerprint density at radius 3 is 2.07 bits per heavy atom. The zero-order valence-electron chi connectivity index (χ0n) is 16.5. The van der Waals surface area contributed by atoms with E-state index in [-0.39, 0.29) is 23.4 Å². The number of aromatic nitrogens is 2. The first-order valence-electron chi connectivity index (χ1n) is 10.3. The molecule has 2 amide bonds. The van der Waals surface area contributed by atoms with E-state index in [2.05, 4.69) is 6.92 Å². The van der Waals surface area contributed by atoms with Crippen molar-refractivity contribution in [1.29, 1.82) is 0 Å². The summed E-state index contributed by atoms with van der Waals surface area (Å²) in [6, 6.07) is 7.76. The molecule has 1 saturated heterocycles. The van der Waals surface area contributed by atoms with Crippen LogP contribution >= 0.6 is 0 Å². The SMILES string of the molecule is CCCn1c(=O)n(CCC(=O)N2CCN(C(=O)C3CC3)CC2)c2ccccc21. The van der Waals surface area contributed by atoms with Gasteiger partial charge in [0.2, 0.25) is 11.8 Å². The van der Waals surface area contributed by atoms with Crippen molar-refractivity contribution in [2.24, 2.45) is 5.92 Å². The molecule has 0 spiro atoms. The first-order valence-corrected chi connectivity index (χ1v) is 10.3. The van der Waals surface area contributed by atoms with E-state index in [0.717, 1.165) is 30.3 Å². The molecule has 28 heavy (non-hydrogen) atoms. The van der Waals surface area contributed by atoms with Crippen LogP contribution in [0.5, 0.6) is 0 Å². The van der Waals surface area contributed by atoms with E-state index in [0.29, 0.717) is 45.7 Å². The van der Waals surface area contributed by atoms with Crippen LogP contribution in [0.1, 0.15) is 32.6 Å². The predicted molar refractivity (Wildman–Crippen MR) is 107 cm³/mol. The number of hydrogen-bond donors (Lipinski definition) is 0. The minimum Gasteiger partial charge on any atom is -0.339 e. The number of para-hydroxylation sites is 2. The van der Waals surface area contributed by atoms with Crippen LogP contribution in [0.2, 0.25) is 0 Å². The second-order valence-corrected chi connectivity index (χ2v) is 7.80. The summed E-state index contributed by atoms with van der Waals surface area (Å²) in [6.07, 6.45) is 3.21. The van der Waals surface area contributed by atoms with E-state index < -0.39 is 0 Å². The summed E-state index contributed by atoms with van der Waals surface area (Å²) in [5.74, 6) is 0.537. The Morgan fingerprint density at radius 2 is 1.50 bits per heavy atom. The number of nitrogens with zero attached hydrogens (tertiary/aromatic N) is 4. The van der Waals surface area contributed by atoms with Gasteiger partial charge in [0.05, 0.1) is 11.0 Å². The van der Waals surface area contributed by atoms with E-state index in [9.17, 15) is 14.4 Å². The van der Waals surface area contributed by atoms with Crippen molar-refractivity contribution in [2.75, 3.05) is 26.2 Å². The van der Waals surface area contributed by atoms with Gasteiger partial charge in [0.15, 0.2) is 0 Å². The van der Waals surface area contributed by atoms with Gasteiger partial charge in [-0.2, -0.15) is 0 Å². The number of fused-ring (bicyclic) bond motifs is 1. The van der Waals surface area contributed by atoms with Crippen molar-refractivity contribution in [3.05, 3.63) is 34.7 Å². The van der Waals surface area contributed by atoms with Gasteiger partial charge in [-0.3, -0.25) is 18.7 Å². The van der Waals surface area contributed by atoms with Crippen molar-refractivity contribution >= 4 is 22.8 Å². The highest BCUT2D eigenvalue weighted by atomic mass is 16.2. The molecule has 1 aromatic heterocycles. The average Bonchev–Trinajstić information content (AvgIpc) is 3.53. The maximum Gasteiger partial charge on any atom is 0.329 e. The fourth-order valence-corrected chi connectivity index (χ4v) is 4.06. The van der Waals surface area contributed by atoms with Crippen molar-refractivity contribution in [3.8, 4) is 0 Å². The number of carbonyl (C=O) groups is 2. The summed E-state index contributed by atoms with van der Waals surface area (Å²) in [7, 11) is 0. The molecule has 0 unspecified atom stereocenters. The van der Waals surface area contributed by atoms with Crippen molar-refractivity contribution in [1.82, 2.24) is 18.9 Å². The standard InChI is InChI=1S/C21H28N4O3/c1-2-10-24-17-5-3-4-6-18(17)25(21(24)28)11-9-19(26)22-12-14-23(15-13-22)20(27)16-7-8-16/h3-6,16H,2,7-15H2,1H3. The Bertz CT molecular complexity index is 933. The van der Waals surface area contributed by atoms with Crippen LogP contribution in [0.25, 0.3) is 11.0 Å². The number of benzene rings is 1. The monoisotopic (exact) mass is 384 g/mol. The molecule has 0 atom stereocenters. The van der Waals surface area contributed by atoms with Gasteiger partial charge in [-0.25, -0.2) is 4.79 Å². The molecule has 7 heteroatoms. The van der Waals surface area contributed by atoms with E-state index in [4.69, 9.17) is 0 Å². The van der Waals surface area contributed by atoms with Gasteiger partial charge < -0.3 is 9.80 Å². The van der Waals surface area contributed by atoms with Gasteiger partial charge in [-0.15, -0.1) is 0 Å². The molecule has 2 aliphatic rings. The third-order valence-corrected chi connectivity index (χ3v) is 5.79. The van der Waals surface area contributed by atoms with Crippen molar-refractivity contribution < 1.29 is 9.59 Å². The molecule has 0 bridgehead atoms. The van der Waals surface area contributed by atoms with Gasteiger partial charge >= 0.3 is 5.69 Å². The Labute approximate surface area is 164 Å². The molecular formula is C21H28N4O3. The lowest BCUT2D eigenvalue weighted by atomic mass is 10.2. The third kappa shape index (κ3) is 3.57. The number of rotatable bonds is 6. The van der Waals surface area contributed by atoms with Gasteiger partial charge in [-0.05, 0) is 31.4 Å². The smallest absolute Gasteiger partial charge is 0.329 e. The zero-order valence-corrected chi connectivity index (χ0v) is 16.5. The normalized spacial score (nSPS) is 17.3. The maximum atomic E-state index is 12.8. The molecule has 1 aliphatic carbocycles. The lowest BCUT2D eigenvalue weighted by Crippen LogP contribution is -2.51. The topological polar surface area (TPSA) is 67.6 Å². The molecule has 4 rings (SSSR count). The van der Waals surface area contributed by atoms with E-state index in [1.54, 1.807) is 9.13 Å². The van der Waals surface area contributed by atoms with Crippen molar-refractivity contribution in [2.45, 2.75) is 45.7 Å². The number of piperazine rings is 1. The molecule has 2 fully saturated rings. The minimum atomic E-state index is -0.0456. The number of carbonyl (C=O) groups excluding carboxylic acids is 2. The van der Waals surface area contributed by atoms with Crippen LogP contribution in [0.4, 0.5) is 0 Å². The Hall–Kier alpha value is -2.57. The highest BCUT2D eigenvalue weighted by Crippen LogP contribution is 2.31.